The third-order valence-electron chi connectivity index (χ3n) is 7.21. The molecule has 0 unspecified atom stereocenters. The fourth-order valence-corrected chi connectivity index (χ4v) is 6.22. The van der Waals surface area contributed by atoms with Gasteiger partial charge in [-0.2, -0.15) is 18.3 Å². The van der Waals surface area contributed by atoms with Gasteiger partial charge >= 0.3 is 6.18 Å². The number of rotatable bonds is 10. The predicted molar refractivity (Wildman–Crippen MR) is 143 cm³/mol. The molecule has 1 heterocycles. The molecule has 8 nitrogen and oxygen atoms in total. The summed E-state index contributed by atoms with van der Waals surface area (Å²) in [6.07, 6.45) is -1.63. The van der Waals surface area contributed by atoms with Gasteiger partial charge in [0.2, 0.25) is 0 Å². The van der Waals surface area contributed by atoms with Crippen LogP contribution in [-0.2, 0) is 22.8 Å². The first-order chi connectivity index (χ1) is 18.1. The Morgan fingerprint density at radius 2 is 1.97 bits per heavy atom. The first kappa shape index (κ1) is 31.2. The highest BCUT2D eigenvalue weighted by atomic mass is 35.5. The molecule has 13 heteroatoms. The molecular weight excluding hydrogens is 559 g/mol. The Balaban J connectivity index is 1.84. The summed E-state index contributed by atoms with van der Waals surface area (Å²) in [6, 6.07) is 4.71. The number of aryl methyl sites for hydroxylation is 1. The molecular formula is C26H35ClF3N3O5S. The van der Waals surface area contributed by atoms with Crippen LogP contribution >= 0.6 is 11.6 Å². The van der Waals surface area contributed by atoms with Crippen LogP contribution in [0, 0.1) is 5.92 Å². The van der Waals surface area contributed by atoms with Gasteiger partial charge in [-0.25, -0.2) is 8.42 Å². The van der Waals surface area contributed by atoms with Crippen LogP contribution in [0.2, 0.25) is 5.02 Å². The number of ether oxygens (including phenoxy) is 1. The summed E-state index contributed by atoms with van der Waals surface area (Å²) in [5.74, 6) is -1.84. The van der Waals surface area contributed by atoms with Crippen LogP contribution in [0.1, 0.15) is 62.0 Å². The fraction of sp³-hybridized carbons (Fsp3) is 0.615. The lowest BCUT2D eigenvalue weighted by atomic mass is 9.84. The number of carbonyl (C=O) groups excluding carboxylic acids is 1. The van der Waals surface area contributed by atoms with Crippen molar-refractivity contribution in [1.82, 2.24) is 15.1 Å². The van der Waals surface area contributed by atoms with E-state index in [4.69, 9.17) is 16.3 Å². The monoisotopic (exact) mass is 593 g/mol. The van der Waals surface area contributed by atoms with Crippen molar-refractivity contribution < 1.29 is 36.2 Å². The Bertz CT molecular complexity index is 1290. The van der Waals surface area contributed by atoms with Gasteiger partial charge in [-0.1, -0.05) is 31.5 Å². The summed E-state index contributed by atoms with van der Waals surface area (Å²) < 4.78 is 69.8. The quantitative estimate of drug-likeness (QED) is 0.409. The summed E-state index contributed by atoms with van der Waals surface area (Å²) in [5, 5.41) is 17.5. The molecule has 1 aromatic heterocycles. The van der Waals surface area contributed by atoms with Crippen molar-refractivity contribution >= 4 is 27.3 Å². The number of nitrogens with zero attached hydrogens (tertiary/aromatic N) is 2. The molecule has 0 spiro atoms. The Hall–Kier alpha value is -2.31. The van der Waals surface area contributed by atoms with Gasteiger partial charge in [-0.15, -0.1) is 0 Å². The first-order valence-corrected chi connectivity index (χ1v) is 15.1. The Morgan fingerprint density at radius 1 is 1.33 bits per heavy atom. The molecule has 1 saturated carbocycles. The summed E-state index contributed by atoms with van der Waals surface area (Å²) in [6.45, 7) is 3.35. The Labute approximate surface area is 231 Å². The SMILES string of the molecule is CCCn1nc(C(=O)NCC2(O)CCC(S(C)(=O)=O)CC2)c(Cl)c1-c1ccc(C[C@H](C)C(F)(F)F)cc1OC. The highest BCUT2D eigenvalue weighted by Gasteiger charge is 2.38. The summed E-state index contributed by atoms with van der Waals surface area (Å²) in [5.41, 5.74) is -0.00250. The number of benzene rings is 1. The Kier molecular flexibility index (Phi) is 9.65. The molecule has 1 fully saturated rings. The van der Waals surface area contributed by atoms with E-state index in [1.165, 1.54) is 19.4 Å². The van der Waals surface area contributed by atoms with Crippen LogP contribution in [0.4, 0.5) is 13.2 Å². The number of methoxy groups -OCH3 is 1. The largest absolute Gasteiger partial charge is 0.496 e. The second kappa shape index (κ2) is 12.1. The van der Waals surface area contributed by atoms with Gasteiger partial charge < -0.3 is 15.2 Å². The molecule has 1 atom stereocenters. The lowest BCUT2D eigenvalue weighted by Crippen LogP contribution is -2.47. The van der Waals surface area contributed by atoms with Crippen molar-refractivity contribution in [2.45, 2.75) is 75.9 Å². The number of carbonyl (C=O) groups is 1. The molecule has 1 aliphatic rings. The van der Waals surface area contributed by atoms with Gasteiger partial charge in [0, 0.05) is 24.9 Å². The molecule has 3 rings (SSSR count). The van der Waals surface area contributed by atoms with E-state index in [1.807, 2.05) is 6.92 Å². The summed E-state index contributed by atoms with van der Waals surface area (Å²) in [4.78, 5) is 13.1. The highest BCUT2D eigenvalue weighted by Crippen LogP contribution is 2.39. The lowest BCUT2D eigenvalue weighted by molar-refractivity contribution is -0.169. The minimum absolute atomic E-state index is 0.0448. The third-order valence-corrected chi connectivity index (χ3v) is 9.25. The maximum Gasteiger partial charge on any atom is 0.391 e. The number of halogens is 4. The number of nitrogens with one attached hydrogen (secondary N) is 1. The fourth-order valence-electron chi connectivity index (χ4n) is 4.81. The van der Waals surface area contributed by atoms with Crippen LogP contribution in [0.25, 0.3) is 11.3 Å². The van der Waals surface area contributed by atoms with E-state index in [2.05, 4.69) is 10.4 Å². The van der Waals surface area contributed by atoms with Crippen molar-refractivity contribution in [3.05, 3.63) is 34.5 Å². The van der Waals surface area contributed by atoms with E-state index < -0.39 is 38.7 Å². The first-order valence-electron chi connectivity index (χ1n) is 12.8. The minimum atomic E-state index is -4.32. The van der Waals surface area contributed by atoms with Crippen LogP contribution in [0.5, 0.6) is 5.75 Å². The number of hydrogen-bond acceptors (Lipinski definition) is 6. The number of hydrogen-bond donors (Lipinski definition) is 2. The average Bonchev–Trinajstić information content (AvgIpc) is 3.17. The maximum absolute atomic E-state index is 13.1. The van der Waals surface area contributed by atoms with Gasteiger partial charge in [0.05, 0.1) is 34.6 Å². The van der Waals surface area contributed by atoms with Gasteiger partial charge in [-0.3, -0.25) is 9.48 Å². The maximum atomic E-state index is 13.1. The van der Waals surface area contributed by atoms with Crippen molar-refractivity contribution in [3.8, 4) is 17.0 Å². The second-order valence-electron chi connectivity index (χ2n) is 10.4. The van der Waals surface area contributed by atoms with E-state index in [-0.39, 0.29) is 36.5 Å². The number of amides is 1. The molecule has 1 amide bonds. The molecule has 1 aliphatic carbocycles. The van der Waals surface area contributed by atoms with E-state index in [1.54, 1.807) is 16.8 Å². The lowest BCUT2D eigenvalue weighted by Gasteiger charge is -2.35. The smallest absolute Gasteiger partial charge is 0.391 e. The third kappa shape index (κ3) is 7.46. The molecule has 1 aromatic carbocycles. The number of sulfone groups is 1. The van der Waals surface area contributed by atoms with Gasteiger partial charge in [0.15, 0.2) is 5.69 Å². The summed E-state index contributed by atoms with van der Waals surface area (Å²) >= 11 is 6.66. The van der Waals surface area contributed by atoms with Gasteiger partial charge in [0.25, 0.3) is 5.91 Å². The number of aliphatic hydroxyl groups is 1. The number of aromatic nitrogens is 2. The molecule has 218 valence electrons. The molecule has 0 radical (unpaired) electrons. The van der Waals surface area contributed by atoms with E-state index in [9.17, 15) is 31.5 Å². The molecule has 2 aromatic rings. The molecule has 39 heavy (non-hydrogen) atoms. The summed E-state index contributed by atoms with van der Waals surface area (Å²) in [7, 11) is -1.80. The topological polar surface area (TPSA) is 111 Å². The Morgan fingerprint density at radius 3 is 2.51 bits per heavy atom. The number of alkyl halides is 3. The zero-order chi connectivity index (χ0) is 29.2. The normalized spacial score (nSPS) is 21.0. The standard InChI is InChI=1S/C26H35ClF3N3O5S/c1-5-12-33-23(19-7-6-17(14-20(19)38-3)13-16(2)26(28,29)30)21(27)22(32-33)24(34)31-15-25(35)10-8-18(9-11-25)39(4,36)37/h6-7,14,16,18,35H,5,8-13,15H2,1-4H3,(H,31,34)/t16-,18?,25?/m0/s1. The van der Waals surface area contributed by atoms with Crippen molar-refractivity contribution in [2.75, 3.05) is 19.9 Å². The molecule has 2 N–H and O–H groups in total. The van der Waals surface area contributed by atoms with Crippen molar-refractivity contribution in [1.29, 1.82) is 0 Å². The van der Waals surface area contributed by atoms with Crippen LogP contribution in [0.3, 0.4) is 0 Å². The van der Waals surface area contributed by atoms with Crippen LogP contribution in [-0.4, -0.2) is 66.1 Å². The van der Waals surface area contributed by atoms with E-state index >= 15 is 0 Å². The molecule has 0 saturated heterocycles. The highest BCUT2D eigenvalue weighted by molar-refractivity contribution is 7.91. The predicted octanol–water partition coefficient (Wildman–Crippen LogP) is 4.81. The zero-order valence-corrected chi connectivity index (χ0v) is 24.0. The van der Waals surface area contributed by atoms with Gasteiger partial charge in [0.1, 0.15) is 15.6 Å². The van der Waals surface area contributed by atoms with Crippen LogP contribution < -0.4 is 10.1 Å². The second-order valence-corrected chi connectivity index (χ2v) is 13.1. The minimum Gasteiger partial charge on any atom is -0.496 e. The molecule has 0 aliphatic heterocycles. The van der Waals surface area contributed by atoms with E-state index in [0.29, 0.717) is 48.4 Å². The van der Waals surface area contributed by atoms with Crippen molar-refractivity contribution in [2.24, 2.45) is 5.92 Å². The van der Waals surface area contributed by atoms with Crippen molar-refractivity contribution in [3.63, 3.8) is 0 Å². The van der Waals surface area contributed by atoms with Gasteiger partial charge in [-0.05, 0) is 56.2 Å². The molecule has 0 bridgehead atoms. The van der Waals surface area contributed by atoms with E-state index in [0.717, 1.165) is 6.92 Å². The zero-order valence-electron chi connectivity index (χ0n) is 22.4. The average molecular weight is 594 g/mol. The van der Waals surface area contributed by atoms with Crippen LogP contribution in [0.15, 0.2) is 18.2 Å².